The van der Waals surface area contributed by atoms with Gasteiger partial charge in [0, 0.05) is 44.0 Å². The van der Waals surface area contributed by atoms with Gasteiger partial charge in [-0.15, -0.1) is 0 Å². The van der Waals surface area contributed by atoms with Crippen molar-refractivity contribution in [3.63, 3.8) is 0 Å². The lowest BCUT2D eigenvalue weighted by molar-refractivity contribution is -0.287. The van der Waals surface area contributed by atoms with Crippen molar-refractivity contribution in [1.82, 2.24) is 4.90 Å². The number of rotatable bonds is 4. The van der Waals surface area contributed by atoms with E-state index in [1.807, 2.05) is 6.34 Å². The summed E-state index contributed by atoms with van der Waals surface area (Å²) in [6.07, 6.45) is 4.85. The predicted molar refractivity (Wildman–Crippen MR) is 89.2 cm³/mol. The number of nitrogens with zero attached hydrogens (tertiary/aromatic N) is 2. The van der Waals surface area contributed by atoms with Crippen LogP contribution in [0.5, 0.6) is 0 Å². The molecule has 1 heterocycles. The molecule has 0 N–H and O–H groups in total. The Labute approximate surface area is 139 Å². The monoisotopic (exact) mass is 364 g/mol. The van der Waals surface area contributed by atoms with Crippen LogP contribution in [0.15, 0.2) is 33.7 Å². The molecule has 4 rings (SSSR count). The fraction of sp³-hybridized carbons (Fsp3) is 0.588. The largest absolute Gasteiger partial charge is 0.357 e. The van der Waals surface area contributed by atoms with Crippen LogP contribution in [0.3, 0.4) is 0 Å². The third-order valence-electron chi connectivity index (χ3n) is 6.04. The van der Waals surface area contributed by atoms with Crippen molar-refractivity contribution < 1.29 is 9.47 Å². The molecule has 1 aromatic rings. The Balaban J connectivity index is 1.79. The average Bonchev–Trinajstić information content (AvgIpc) is 3.13. The second-order valence-corrected chi connectivity index (χ2v) is 7.70. The maximum absolute atomic E-state index is 5.70. The van der Waals surface area contributed by atoms with Crippen LogP contribution in [0, 0.1) is 0 Å². The normalized spacial score (nSPS) is 33.5. The van der Waals surface area contributed by atoms with Crippen LogP contribution in [0.25, 0.3) is 0 Å². The number of benzene rings is 1. The molecular weight excluding hydrogens is 344 g/mol. The fourth-order valence-electron chi connectivity index (χ4n) is 4.71. The molecule has 0 saturated heterocycles. The van der Waals surface area contributed by atoms with Crippen LogP contribution in [-0.4, -0.2) is 49.9 Å². The highest BCUT2D eigenvalue weighted by Crippen LogP contribution is 2.69. The Bertz CT molecular complexity index is 635. The van der Waals surface area contributed by atoms with Crippen molar-refractivity contribution in [3.05, 3.63) is 34.3 Å². The maximum Gasteiger partial charge on any atom is 0.169 e. The first kappa shape index (κ1) is 14.7. The number of ether oxygens (including phenoxy) is 2. The van der Waals surface area contributed by atoms with E-state index in [0.29, 0.717) is 6.04 Å². The van der Waals surface area contributed by atoms with Crippen LogP contribution < -0.4 is 0 Å². The summed E-state index contributed by atoms with van der Waals surface area (Å²) in [6, 6.07) is 9.07. The Morgan fingerprint density at radius 2 is 2.00 bits per heavy atom. The van der Waals surface area contributed by atoms with E-state index < -0.39 is 5.79 Å². The molecule has 22 heavy (non-hydrogen) atoms. The van der Waals surface area contributed by atoms with Gasteiger partial charge >= 0.3 is 0 Å². The third-order valence-corrected chi connectivity index (χ3v) is 6.53. The van der Waals surface area contributed by atoms with E-state index >= 15 is 0 Å². The van der Waals surface area contributed by atoms with Crippen LogP contribution in [0.4, 0.5) is 0 Å². The van der Waals surface area contributed by atoms with Gasteiger partial charge in [-0.2, -0.15) is 0 Å². The summed E-state index contributed by atoms with van der Waals surface area (Å²) in [5, 5.41) is 0. The number of halogens is 1. The Morgan fingerprint density at radius 1 is 1.27 bits per heavy atom. The first-order valence-corrected chi connectivity index (χ1v) is 8.44. The van der Waals surface area contributed by atoms with Crippen LogP contribution in [0.1, 0.15) is 24.8 Å². The summed E-state index contributed by atoms with van der Waals surface area (Å²) in [7, 11) is 5.63. The summed E-state index contributed by atoms with van der Waals surface area (Å²) in [6.45, 7) is 0. The summed E-state index contributed by atoms with van der Waals surface area (Å²) in [4.78, 5) is 6.98. The van der Waals surface area contributed by atoms with Gasteiger partial charge < -0.3 is 14.4 Å². The molecule has 2 aliphatic carbocycles. The van der Waals surface area contributed by atoms with E-state index in [1.54, 1.807) is 14.2 Å². The van der Waals surface area contributed by atoms with Crippen molar-refractivity contribution in [3.8, 4) is 0 Å². The first-order valence-electron chi connectivity index (χ1n) is 7.65. The standard InChI is InChI=1S/C17H21BrN2O2/c1-20-11-19-14-8-17(14,20)15(9-16(10-15,21-2)22-3)12-5-4-6-13(18)7-12/h4-7,11,14H,8-10H2,1-3H3. The number of fused-ring (bicyclic) bond motifs is 1. The van der Waals surface area contributed by atoms with E-state index in [0.717, 1.165) is 23.7 Å². The van der Waals surface area contributed by atoms with E-state index in [2.05, 4.69) is 57.1 Å². The second-order valence-electron chi connectivity index (χ2n) is 6.78. The highest BCUT2D eigenvalue weighted by atomic mass is 79.9. The summed E-state index contributed by atoms with van der Waals surface area (Å²) < 4.78 is 12.5. The molecule has 2 atom stereocenters. The minimum atomic E-state index is -0.465. The zero-order chi connectivity index (χ0) is 15.6. The molecule has 118 valence electrons. The van der Waals surface area contributed by atoms with Crippen LogP contribution in [-0.2, 0) is 14.9 Å². The van der Waals surface area contributed by atoms with Gasteiger partial charge in [0.2, 0.25) is 0 Å². The molecule has 0 bridgehead atoms. The van der Waals surface area contributed by atoms with Crippen molar-refractivity contribution in [2.24, 2.45) is 4.99 Å². The lowest BCUT2D eigenvalue weighted by atomic mass is 9.54. The van der Waals surface area contributed by atoms with Crippen molar-refractivity contribution >= 4 is 22.3 Å². The van der Waals surface area contributed by atoms with Gasteiger partial charge in [0.05, 0.1) is 17.9 Å². The van der Waals surface area contributed by atoms with Crippen molar-refractivity contribution in [1.29, 1.82) is 0 Å². The van der Waals surface area contributed by atoms with Crippen LogP contribution >= 0.6 is 15.9 Å². The quantitative estimate of drug-likeness (QED) is 0.770. The van der Waals surface area contributed by atoms with Gasteiger partial charge in [0.25, 0.3) is 0 Å². The lowest BCUT2D eigenvalue weighted by Crippen LogP contribution is -2.66. The molecule has 5 heteroatoms. The topological polar surface area (TPSA) is 34.1 Å². The highest BCUT2D eigenvalue weighted by Gasteiger charge is 2.77. The van der Waals surface area contributed by atoms with Crippen LogP contribution in [0.2, 0.25) is 0 Å². The number of methoxy groups -OCH3 is 2. The number of likely N-dealkylation sites (N-methyl/N-ethyl adjacent to an activating group) is 1. The minimum absolute atomic E-state index is 0.0265. The van der Waals surface area contributed by atoms with Gasteiger partial charge in [-0.3, -0.25) is 4.99 Å². The Hall–Kier alpha value is -0.910. The molecule has 3 aliphatic rings. The summed E-state index contributed by atoms with van der Waals surface area (Å²) in [5.74, 6) is -0.465. The number of hydrogen-bond donors (Lipinski definition) is 0. The second kappa shape index (κ2) is 4.56. The van der Waals surface area contributed by atoms with E-state index in [-0.39, 0.29) is 11.0 Å². The number of hydrogen-bond acceptors (Lipinski definition) is 4. The van der Waals surface area contributed by atoms with Gasteiger partial charge in [0.15, 0.2) is 5.79 Å². The predicted octanol–water partition coefficient (Wildman–Crippen LogP) is 2.95. The molecule has 0 radical (unpaired) electrons. The third kappa shape index (κ3) is 1.62. The first-order chi connectivity index (χ1) is 10.5. The average molecular weight is 365 g/mol. The number of aliphatic imine (C=N–C) groups is 1. The van der Waals surface area contributed by atoms with Crippen molar-refractivity contribution in [2.45, 2.75) is 42.0 Å². The van der Waals surface area contributed by atoms with Gasteiger partial charge in [-0.25, -0.2) is 0 Å². The van der Waals surface area contributed by atoms with Gasteiger partial charge in [-0.1, -0.05) is 28.1 Å². The smallest absolute Gasteiger partial charge is 0.169 e. The minimum Gasteiger partial charge on any atom is -0.357 e. The molecule has 0 amide bonds. The van der Waals surface area contributed by atoms with E-state index in [1.165, 1.54) is 5.56 Å². The summed E-state index contributed by atoms with van der Waals surface area (Å²) >= 11 is 3.62. The molecule has 0 aromatic heterocycles. The molecule has 2 saturated carbocycles. The molecule has 0 spiro atoms. The lowest BCUT2D eigenvalue weighted by Gasteiger charge is -2.59. The van der Waals surface area contributed by atoms with E-state index in [9.17, 15) is 0 Å². The Kier molecular flexibility index (Phi) is 3.04. The Morgan fingerprint density at radius 3 is 2.50 bits per heavy atom. The molecular formula is C17H21BrN2O2. The van der Waals surface area contributed by atoms with Crippen molar-refractivity contribution in [2.75, 3.05) is 21.3 Å². The highest BCUT2D eigenvalue weighted by molar-refractivity contribution is 9.10. The molecule has 1 aliphatic heterocycles. The van der Waals surface area contributed by atoms with Gasteiger partial charge in [0.1, 0.15) is 0 Å². The maximum atomic E-state index is 5.70. The molecule has 2 unspecified atom stereocenters. The molecule has 1 aromatic carbocycles. The molecule has 4 nitrogen and oxygen atoms in total. The summed E-state index contributed by atoms with van der Waals surface area (Å²) in [5.41, 5.74) is 1.47. The molecule has 2 fully saturated rings. The van der Waals surface area contributed by atoms with Gasteiger partial charge in [-0.05, 0) is 24.1 Å². The van der Waals surface area contributed by atoms with E-state index in [4.69, 9.17) is 9.47 Å². The zero-order valence-corrected chi connectivity index (χ0v) is 14.8. The zero-order valence-electron chi connectivity index (χ0n) is 13.2. The fourth-order valence-corrected chi connectivity index (χ4v) is 5.11. The SMILES string of the molecule is COC1(OC)CC(c2cccc(Br)c2)(C23CC2N=CN3C)C1.